The molecule has 0 saturated heterocycles. The van der Waals surface area contributed by atoms with Crippen molar-refractivity contribution >= 4 is 0 Å². The Labute approximate surface area is 108 Å². The second kappa shape index (κ2) is 6.92. The SMILES string of the molecule is C1=CCC2CC[CH-]C2=C1.[C-]1=CC=CC1.[Ti+2]. The quantitative estimate of drug-likeness (QED) is 0.440. The average molecular weight is 232 g/mol. The van der Waals surface area contributed by atoms with Gasteiger partial charge in [-0.15, -0.1) is 25.0 Å². The second-order valence-electron chi connectivity index (χ2n) is 3.81. The molecule has 0 radical (unpaired) electrons. The van der Waals surface area contributed by atoms with Gasteiger partial charge in [-0.2, -0.15) is 6.08 Å². The van der Waals surface area contributed by atoms with Crippen LogP contribution in [0.2, 0.25) is 0 Å². The Bertz CT molecular complexity index is 284. The first kappa shape index (κ1) is 12.6. The van der Waals surface area contributed by atoms with Crippen LogP contribution < -0.4 is 0 Å². The van der Waals surface area contributed by atoms with E-state index in [1.54, 1.807) is 5.57 Å². The predicted molar refractivity (Wildman–Crippen MR) is 60.4 cm³/mol. The largest absolute Gasteiger partial charge is 2.00 e. The van der Waals surface area contributed by atoms with Gasteiger partial charge in [0.15, 0.2) is 0 Å². The fourth-order valence-electron chi connectivity index (χ4n) is 2.00. The van der Waals surface area contributed by atoms with E-state index in [4.69, 9.17) is 0 Å². The third kappa shape index (κ3) is 3.89. The van der Waals surface area contributed by atoms with E-state index in [0.29, 0.717) is 0 Å². The van der Waals surface area contributed by atoms with Crippen molar-refractivity contribution in [2.45, 2.75) is 25.7 Å². The molecule has 0 aromatic carbocycles. The average Bonchev–Trinajstić information content (AvgIpc) is 2.92. The van der Waals surface area contributed by atoms with Crippen LogP contribution in [-0.4, -0.2) is 0 Å². The van der Waals surface area contributed by atoms with Gasteiger partial charge in [0, 0.05) is 0 Å². The van der Waals surface area contributed by atoms with Crippen molar-refractivity contribution in [1.29, 1.82) is 0 Å². The Morgan fingerprint density at radius 2 is 2.20 bits per heavy atom. The minimum atomic E-state index is 0. The zero-order valence-electron chi connectivity index (χ0n) is 8.95. The van der Waals surface area contributed by atoms with Crippen LogP contribution in [0.5, 0.6) is 0 Å². The molecule has 0 aromatic heterocycles. The minimum absolute atomic E-state index is 0. The molecule has 3 aliphatic rings. The van der Waals surface area contributed by atoms with Gasteiger partial charge >= 0.3 is 21.7 Å². The summed E-state index contributed by atoms with van der Waals surface area (Å²) in [6.45, 7) is 0. The Hall–Kier alpha value is -0.456. The van der Waals surface area contributed by atoms with E-state index in [9.17, 15) is 0 Å². The molecule has 3 aliphatic carbocycles. The molecule has 3 rings (SSSR count). The predicted octanol–water partition coefficient (Wildman–Crippen LogP) is 3.79. The van der Waals surface area contributed by atoms with E-state index >= 15 is 0 Å². The maximum atomic E-state index is 2.99. The molecule has 1 unspecified atom stereocenters. The molecular formula is C14H16Ti. The van der Waals surface area contributed by atoms with Gasteiger partial charge in [0.1, 0.15) is 0 Å². The fourth-order valence-corrected chi connectivity index (χ4v) is 2.00. The Morgan fingerprint density at radius 3 is 2.80 bits per heavy atom. The molecule has 0 spiro atoms. The van der Waals surface area contributed by atoms with Gasteiger partial charge in [0.2, 0.25) is 0 Å². The van der Waals surface area contributed by atoms with Gasteiger partial charge in [-0.25, -0.2) is 30.2 Å². The van der Waals surface area contributed by atoms with Crippen molar-refractivity contribution < 1.29 is 21.7 Å². The molecule has 0 N–H and O–H groups in total. The van der Waals surface area contributed by atoms with E-state index < -0.39 is 0 Å². The summed E-state index contributed by atoms with van der Waals surface area (Å²) in [5.74, 6) is 0.884. The molecule has 0 heterocycles. The van der Waals surface area contributed by atoms with Crippen LogP contribution in [0.3, 0.4) is 0 Å². The van der Waals surface area contributed by atoms with Gasteiger partial charge in [0.05, 0.1) is 0 Å². The van der Waals surface area contributed by atoms with E-state index in [-0.39, 0.29) is 21.7 Å². The smallest absolute Gasteiger partial charge is 0.273 e. The number of hydrogen-bond acceptors (Lipinski definition) is 0. The maximum Gasteiger partial charge on any atom is 2.00 e. The van der Waals surface area contributed by atoms with Crippen molar-refractivity contribution in [3.63, 3.8) is 0 Å². The van der Waals surface area contributed by atoms with Crippen molar-refractivity contribution in [1.82, 2.24) is 0 Å². The molecule has 0 amide bonds. The standard InChI is InChI=1S/C9H11.C5H5.Ti/c1-2-5-9-7-3-6-8(9)4-1;1-2-4-5-3-1;/h1-2,4,6,9H,3,5,7H2;1-3H,4H2;/q2*-1;+2. The molecule has 1 atom stereocenters. The number of allylic oxidation sites excluding steroid dienone is 8. The first-order valence-electron chi connectivity index (χ1n) is 5.38. The van der Waals surface area contributed by atoms with Gasteiger partial charge < -0.3 is 0 Å². The summed E-state index contributed by atoms with van der Waals surface area (Å²) < 4.78 is 0. The minimum Gasteiger partial charge on any atom is -0.273 e. The normalized spacial score (nSPS) is 24.5. The van der Waals surface area contributed by atoms with Crippen LogP contribution in [0.4, 0.5) is 0 Å². The summed E-state index contributed by atoms with van der Waals surface area (Å²) in [6.07, 6.45) is 23.0. The Kier molecular flexibility index (Phi) is 5.82. The number of fused-ring (bicyclic) bond motifs is 1. The molecular weight excluding hydrogens is 216 g/mol. The topological polar surface area (TPSA) is 0 Å². The third-order valence-electron chi connectivity index (χ3n) is 2.80. The first-order chi connectivity index (χ1) is 6.97. The molecule has 0 aromatic rings. The zero-order valence-corrected chi connectivity index (χ0v) is 10.5. The Balaban J connectivity index is 0.000000162. The third-order valence-corrected chi connectivity index (χ3v) is 2.80. The molecule has 0 nitrogen and oxygen atoms in total. The van der Waals surface area contributed by atoms with Crippen molar-refractivity contribution in [2.75, 3.05) is 0 Å². The van der Waals surface area contributed by atoms with E-state index in [1.165, 1.54) is 19.3 Å². The van der Waals surface area contributed by atoms with Crippen LogP contribution >= 0.6 is 0 Å². The van der Waals surface area contributed by atoms with Crippen molar-refractivity contribution in [2.24, 2.45) is 5.92 Å². The molecule has 0 bridgehead atoms. The van der Waals surface area contributed by atoms with E-state index in [0.717, 1.165) is 12.3 Å². The van der Waals surface area contributed by atoms with Crippen molar-refractivity contribution in [3.8, 4) is 0 Å². The summed E-state index contributed by atoms with van der Waals surface area (Å²) in [5.41, 5.74) is 1.58. The number of rotatable bonds is 0. The number of hydrogen-bond donors (Lipinski definition) is 0. The monoisotopic (exact) mass is 232 g/mol. The van der Waals surface area contributed by atoms with Crippen LogP contribution in [-0.2, 0) is 21.7 Å². The summed E-state index contributed by atoms with van der Waals surface area (Å²) >= 11 is 0. The molecule has 1 fully saturated rings. The van der Waals surface area contributed by atoms with Crippen LogP contribution in [0.15, 0.2) is 42.0 Å². The second-order valence-corrected chi connectivity index (χ2v) is 3.81. The zero-order chi connectivity index (χ0) is 9.64. The summed E-state index contributed by atoms with van der Waals surface area (Å²) in [7, 11) is 0. The van der Waals surface area contributed by atoms with Gasteiger partial charge in [-0.3, -0.25) is 6.08 Å². The van der Waals surface area contributed by atoms with E-state index in [1.807, 2.05) is 12.2 Å². The first-order valence-corrected chi connectivity index (χ1v) is 5.38. The Morgan fingerprint density at radius 1 is 1.27 bits per heavy atom. The molecule has 15 heavy (non-hydrogen) atoms. The molecule has 1 heteroatoms. The molecule has 76 valence electrons. The van der Waals surface area contributed by atoms with E-state index in [2.05, 4.69) is 36.8 Å². The van der Waals surface area contributed by atoms with Crippen LogP contribution in [0.1, 0.15) is 25.7 Å². The van der Waals surface area contributed by atoms with Crippen molar-refractivity contribution in [3.05, 3.63) is 54.5 Å². The summed E-state index contributed by atoms with van der Waals surface area (Å²) in [6, 6.07) is 0. The van der Waals surface area contributed by atoms with Gasteiger partial charge in [0.25, 0.3) is 0 Å². The molecule has 1 saturated carbocycles. The molecule has 0 aliphatic heterocycles. The summed E-state index contributed by atoms with van der Waals surface area (Å²) in [4.78, 5) is 0. The summed E-state index contributed by atoms with van der Waals surface area (Å²) in [5, 5.41) is 0. The van der Waals surface area contributed by atoms with Crippen LogP contribution in [0.25, 0.3) is 0 Å². The van der Waals surface area contributed by atoms with Gasteiger partial charge in [-0.05, 0) is 12.3 Å². The van der Waals surface area contributed by atoms with Crippen LogP contribution in [0, 0.1) is 18.4 Å². The maximum absolute atomic E-state index is 2.99. The van der Waals surface area contributed by atoms with Gasteiger partial charge in [-0.1, -0.05) is 6.42 Å². The fraction of sp³-hybridized carbons (Fsp3) is 0.357.